The summed E-state index contributed by atoms with van der Waals surface area (Å²) in [7, 11) is 0. The first kappa shape index (κ1) is 15.6. The second kappa shape index (κ2) is 6.36. The first-order valence-electron chi connectivity index (χ1n) is 6.12. The second-order valence-corrected chi connectivity index (χ2v) is 6.42. The topological polar surface area (TPSA) is 41.1 Å². The van der Waals surface area contributed by atoms with Crippen LogP contribution < -0.4 is 10.6 Å². The van der Waals surface area contributed by atoms with Crippen molar-refractivity contribution in [2.45, 2.75) is 65.5 Å². The SMILES string of the molecule is CC(C)(C)NCCCC(=O)CNC(C)(C)C. The summed E-state index contributed by atoms with van der Waals surface area (Å²) in [5.74, 6) is 0.297. The van der Waals surface area contributed by atoms with Gasteiger partial charge in [-0.25, -0.2) is 0 Å². The molecular weight excluding hydrogens is 200 g/mol. The fraction of sp³-hybridized carbons (Fsp3) is 0.923. The molecule has 96 valence electrons. The number of hydrogen-bond acceptors (Lipinski definition) is 3. The van der Waals surface area contributed by atoms with E-state index in [1.807, 2.05) is 0 Å². The monoisotopic (exact) mass is 228 g/mol. The summed E-state index contributed by atoms with van der Waals surface area (Å²) in [6, 6.07) is 0. The van der Waals surface area contributed by atoms with E-state index in [0.717, 1.165) is 13.0 Å². The quantitative estimate of drug-likeness (QED) is 0.684. The third-order valence-corrected chi connectivity index (χ3v) is 2.10. The van der Waals surface area contributed by atoms with E-state index >= 15 is 0 Å². The molecule has 3 heteroatoms. The fourth-order valence-corrected chi connectivity index (χ4v) is 1.20. The van der Waals surface area contributed by atoms with E-state index in [-0.39, 0.29) is 11.1 Å². The van der Waals surface area contributed by atoms with E-state index in [2.05, 4.69) is 52.2 Å². The van der Waals surface area contributed by atoms with Crippen molar-refractivity contribution in [2.75, 3.05) is 13.1 Å². The van der Waals surface area contributed by atoms with Crippen molar-refractivity contribution in [1.29, 1.82) is 0 Å². The second-order valence-electron chi connectivity index (χ2n) is 6.42. The number of carbonyl (C=O) groups excluding carboxylic acids is 1. The molecule has 0 aromatic heterocycles. The Labute approximate surface area is 100 Å². The van der Waals surface area contributed by atoms with E-state index in [9.17, 15) is 4.79 Å². The Balaban J connectivity index is 3.52. The van der Waals surface area contributed by atoms with Gasteiger partial charge >= 0.3 is 0 Å². The molecule has 0 aromatic carbocycles. The third kappa shape index (κ3) is 11.7. The molecule has 0 fully saturated rings. The van der Waals surface area contributed by atoms with Gasteiger partial charge in [-0.1, -0.05) is 0 Å². The lowest BCUT2D eigenvalue weighted by molar-refractivity contribution is -0.118. The van der Waals surface area contributed by atoms with Crippen LogP contribution in [0.25, 0.3) is 0 Å². The molecule has 0 aliphatic heterocycles. The molecule has 0 aliphatic carbocycles. The van der Waals surface area contributed by atoms with Crippen LogP contribution in [-0.2, 0) is 4.79 Å². The number of carbonyl (C=O) groups is 1. The van der Waals surface area contributed by atoms with Crippen LogP contribution in [-0.4, -0.2) is 30.0 Å². The Morgan fingerprint density at radius 2 is 1.44 bits per heavy atom. The summed E-state index contributed by atoms with van der Waals surface area (Å²) < 4.78 is 0. The van der Waals surface area contributed by atoms with E-state index in [1.54, 1.807) is 0 Å². The van der Waals surface area contributed by atoms with Crippen LogP contribution in [0.4, 0.5) is 0 Å². The van der Waals surface area contributed by atoms with Gasteiger partial charge in [-0.3, -0.25) is 4.79 Å². The summed E-state index contributed by atoms with van der Waals surface area (Å²) in [5.41, 5.74) is 0.173. The number of hydrogen-bond donors (Lipinski definition) is 2. The summed E-state index contributed by atoms with van der Waals surface area (Å²) in [5, 5.41) is 6.59. The normalized spacial score (nSPS) is 12.9. The molecule has 16 heavy (non-hydrogen) atoms. The van der Waals surface area contributed by atoms with Gasteiger partial charge in [0.15, 0.2) is 0 Å². The highest BCUT2D eigenvalue weighted by atomic mass is 16.1. The van der Waals surface area contributed by atoms with Gasteiger partial charge < -0.3 is 10.6 Å². The van der Waals surface area contributed by atoms with E-state index in [4.69, 9.17) is 0 Å². The molecule has 2 N–H and O–H groups in total. The Hall–Kier alpha value is -0.410. The van der Waals surface area contributed by atoms with Crippen molar-refractivity contribution < 1.29 is 4.79 Å². The van der Waals surface area contributed by atoms with Gasteiger partial charge in [-0.15, -0.1) is 0 Å². The van der Waals surface area contributed by atoms with Crippen LogP contribution in [0.1, 0.15) is 54.4 Å². The zero-order valence-corrected chi connectivity index (χ0v) is 11.7. The van der Waals surface area contributed by atoms with Gasteiger partial charge in [0.1, 0.15) is 5.78 Å². The minimum Gasteiger partial charge on any atom is -0.312 e. The fourth-order valence-electron chi connectivity index (χ4n) is 1.20. The Morgan fingerprint density at radius 1 is 0.938 bits per heavy atom. The molecule has 0 atom stereocenters. The minimum atomic E-state index is 0.0271. The molecule has 0 rings (SSSR count). The Kier molecular flexibility index (Phi) is 6.19. The van der Waals surface area contributed by atoms with Crippen LogP contribution in [0.2, 0.25) is 0 Å². The van der Waals surface area contributed by atoms with Crippen molar-refractivity contribution >= 4 is 5.78 Å². The summed E-state index contributed by atoms with van der Waals surface area (Å²) in [4.78, 5) is 11.5. The van der Waals surface area contributed by atoms with Crippen molar-refractivity contribution in [3.63, 3.8) is 0 Å². The molecule has 0 spiro atoms. The maximum Gasteiger partial charge on any atom is 0.146 e. The number of rotatable bonds is 6. The lowest BCUT2D eigenvalue weighted by Gasteiger charge is -2.21. The predicted molar refractivity (Wildman–Crippen MR) is 69.8 cm³/mol. The first-order valence-corrected chi connectivity index (χ1v) is 6.12. The van der Waals surface area contributed by atoms with E-state index in [0.29, 0.717) is 18.7 Å². The lowest BCUT2D eigenvalue weighted by atomic mass is 10.1. The standard InChI is InChI=1S/C13H28N2O/c1-12(2,3)14-9-7-8-11(16)10-15-13(4,5)6/h14-15H,7-10H2,1-6H3. The summed E-state index contributed by atoms with van der Waals surface area (Å²) >= 11 is 0. The predicted octanol–water partition coefficient (Wildman–Crippen LogP) is 2.11. The number of ketones is 1. The highest BCUT2D eigenvalue weighted by Gasteiger charge is 2.12. The maximum atomic E-state index is 11.5. The highest BCUT2D eigenvalue weighted by Crippen LogP contribution is 2.01. The van der Waals surface area contributed by atoms with Crippen molar-refractivity contribution in [1.82, 2.24) is 10.6 Å². The van der Waals surface area contributed by atoms with Gasteiger partial charge in [-0.2, -0.15) is 0 Å². The maximum absolute atomic E-state index is 11.5. The van der Waals surface area contributed by atoms with Gasteiger partial charge in [0.2, 0.25) is 0 Å². The van der Waals surface area contributed by atoms with Crippen LogP contribution in [0.3, 0.4) is 0 Å². The zero-order valence-electron chi connectivity index (χ0n) is 11.7. The van der Waals surface area contributed by atoms with Crippen LogP contribution in [0.15, 0.2) is 0 Å². The molecule has 0 aliphatic rings. The molecule has 0 amide bonds. The van der Waals surface area contributed by atoms with Crippen molar-refractivity contribution in [3.05, 3.63) is 0 Å². The van der Waals surface area contributed by atoms with Gasteiger partial charge in [0.25, 0.3) is 0 Å². The average Bonchev–Trinajstić information content (AvgIpc) is 2.06. The van der Waals surface area contributed by atoms with Gasteiger partial charge in [0, 0.05) is 17.5 Å². The van der Waals surface area contributed by atoms with Crippen LogP contribution in [0.5, 0.6) is 0 Å². The highest BCUT2D eigenvalue weighted by molar-refractivity contribution is 5.80. The summed E-state index contributed by atoms with van der Waals surface area (Å²) in [6.45, 7) is 14.0. The first-order chi connectivity index (χ1) is 7.10. The van der Waals surface area contributed by atoms with Crippen LogP contribution >= 0.6 is 0 Å². The largest absolute Gasteiger partial charge is 0.312 e. The zero-order chi connectivity index (χ0) is 12.8. The molecule has 0 unspecified atom stereocenters. The molecule has 0 saturated heterocycles. The minimum absolute atomic E-state index is 0.0271. The molecule has 0 bridgehead atoms. The summed E-state index contributed by atoms with van der Waals surface area (Å²) in [6.07, 6.45) is 1.58. The molecule has 3 nitrogen and oxygen atoms in total. The molecular formula is C13H28N2O. The van der Waals surface area contributed by atoms with Crippen molar-refractivity contribution in [3.8, 4) is 0 Å². The smallest absolute Gasteiger partial charge is 0.146 e. The Bertz CT molecular complexity index is 211. The van der Waals surface area contributed by atoms with Gasteiger partial charge in [0.05, 0.1) is 6.54 Å². The number of nitrogens with one attached hydrogen (secondary N) is 2. The van der Waals surface area contributed by atoms with Crippen molar-refractivity contribution in [2.24, 2.45) is 0 Å². The average molecular weight is 228 g/mol. The third-order valence-electron chi connectivity index (χ3n) is 2.10. The number of Topliss-reactive ketones (excluding diaryl/α,β-unsaturated/α-hetero) is 1. The molecule has 0 aromatic rings. The molecule has 0 radical (unpaired) electrons. The van der Waals surface area contributed by atoms with E-state index < -0.39 is 0 Å². The molecule has 0 saturated carbocycles. The van der Waals surface area contributed by atoms with Gasteiger partial charge in [-0.05, 0) is 54.5 Å². The molecule has 0 heterocycles. The lowest BCUT2D eigenvalue weighted by Crippen LogP contribution is -2.40. The van der Waals surface area contributed by atoms with Crippen LogP contribution in [0, 0.1) is 0 Å². The Morgan fingerprint density at radius 3 is 1.88 bits per heavy atom. The van der Waals surface area contributed by atoms with E-state index in [1.165, 1.54) is 0 Å².